The molecule has 4 heteroatoms. The first-order valence-electron chi connectivity index (χ1n) is 16.3. The molecule has 11 rings (SSSR count). The first-order chi connectivity index (χ1) is 23.7. The molecule has 0 unspecified atom stereocenters. The van der Waals surface area contributed by atoms with E-state index in [2.05, 4.69) is 132 Å². The Bertz CT molecular complexity index is 2620. The number of nitro groups is 1. The van der Waals surface area contributed by atoms with E-state index in [1.54, 1.807) is 12.1 Å². The topological polar surface area (TPSA) is 58.9 Å². The van der Waals surface area contributed by atoms with Crippen LogP contribution in [0.2, 0.25) is 0 Å². The zero-order valence-corrected chi connectivity index (χ0v) is 25.9. The van der Waals surface area contributed by atoms with Crippen molar-refractivity contribution in [3.05, 3.63) is 207 Å². The van der Waals surface area contributed by atoms with Gasteiger partial charge in [-0.2, -0.15) is 0 Å². The molecule has 0 saturated heterocycles. The van der Waals surface area contributed by atoms with Gasteiger partial charge in [-0.25, -0.2) is 0 Å². The number of aromatic nitrogens is 1. The number of aromatic amines is 1. The summed E-state index contributed by atoms with van der Waals surface area (Å²) in [5.41, 5.74) is 9.46. The molecular weight excluding hydrogens is 588 g/mol. The van der Waals surface area contributed by atoms with Gasteiger partial charge in [0.2, 0.25) is 0 Å². The highest BCUT2D eigenvalue weighted by molar-refractivity contribution is 6.20. The van der Waals surface area contributed by atoms with Gasteiger partial charge in [-0.15, -0.1) is 0 Å². The maximum absolute atomic E-state index is 12.8. The Labute approximate surface area is 276 Å². The van der Waals surface area contributed by atoms with E-state index in [9.17, 15) is 10.1 Å². The van der Waals surface area contributed by atoms with Gasteiger partial charge in [0.25, 0.3) is 5.69 Å². The van der Waals surface area contributed by atoms with Gasteiger partial charge in [0.05, 0.1) is 15.9 Å². The van der Waals surface area contributed by atoms with Crippen LogP contribution in [-0.4, -0.2) is 9.91 Å². The van der Waals surface area contributed by atoms with Gasteiger partial charge in [0.1, 0.15) is 5.52 Å². The summed E-state index contributed by atoms with van der Waals surface area (Å²) in [5, 5.41) is 18.7. The van der Waals surface area contributed by atoms with Crippen LogP contribution < -0.4 is 0 Å². The maximum atomic E-state index is 12.8. The monoisotopic (exact) mass is 616 g/mol. The van der Waals surface area contributed by atoms with Gasteiger partial charge in [0, 0.05) is 22.8 Å². The number of hydrogen-bond acceptors (Lipinski definition) is 2. The Morgan fingerprint density at radius 1 is 0.438 bits per heavy atom. The van der Waals surface area contributed by atoms with Gasteiger partial charge in [0.15, 0.2) is 0 Å². The van der Waals surface area contributed by atoms with Crippen LogP contribution in [-0.2, 0) is 5.41 Å². The van der Waals surface area contributed by atoms with Crippen molar-refractivity contribution in [3.8, 4) is 0 Å². The number of para-hydroxylation sites is 2. The average Bonchev–Trinajstić information content (AvgIpc) is 3.19. The summed E-state index contributed by atoms with van der Waals surface area (Å²) in [6, 6.07) is 55.2. The number of rotatable bonds is 2. The van der Waals surface area contributed by atoms with E-state index >= 15 is 0 Å². The predicted molar refractivity (Wildman–Crippen MR) is 194 cm³/mol. The molecule has 8 aromatic rings. The summed E-state index contributed by atoms with van der Waals surface area (Å²) >= 11 is 0. The highest BCUT2D eigenvalue weighted by Gasteiger charge is 2.53. The third-order valence-corrected chi connectivity index (χ3v) is 10.7. The van der Waals surface area contributed by atoms with Crippen LogP contribution in [0.4, 0.5) is 5.69 Å². The molecule has 4 nitrogen and oxygen atoms in total. The minimum absolute atomic E-state index is 0.0417. The Kier molecular flexibility index (Phi) is 5.53. The third-order valence-electron chi connectivity index (χ3n) is 10.7. The smallest absolute Gasteiger partial charge is 0.293 e. The lowest BCUT2D eigenvalue weighted by Gasteiger charge is -2.51. The molecule has 1 heterocycles. The van der Waals surface area contributed by atoms with Crippen LogP contribution in [0.5, 0.6) is 0 Å². The van der Waals surface area contributed by atoms with Gasteiger partial charge >= 0.3 is 0 Å². The predicted octanol–water partition coefficient (Wildman–Crippen LogP) is 10.8. The molecular formula is C44H28N2O2. The van der Waals surface area contributed by atoms with E-state index in [1.807, 2.05) is 18.2 Å². The number of benzene rings is 7. The summed E-state index contributed by atoms with van der Waals surface area (Å²) in [6.07, 6.45) is 0. The molecule has 3 aliphatic carbocycles. The highest BCUT2D eigenvalue weighted by Crippen LogP contribution is 2.62. The first-order valence-corrected chi connectivity index (χ1v) is 16.3. The summed E-state index contributed by atoms with van der Waals surface area (Å²) in [7, 11) is 0. The molecule has 1 N–H and O–H groups in total. The molecule has 7 aromatic carbocycles. The largest absolute Gasteiger partial charge is 0.349 e. The molecule has 0 saturated carbocycles. The zero-order chi connectivity index (χ0) is 32.0. The molecule has 1 aromatic heterocycles. The van der Waals surface area contributed by atoms with E-state index in [0.29, 0.717) is 5.52 Å². The Hall–Kier alpha value is -6.26. The van der Waals surface area contributed by atoms with Gasteiger partial charge in [-0.05, 0) is 60.5 Å². The number of nitrogens with one attached hydrogen (secondary N) is 1. The molecule has 0 fully saturated rings. The standard InChI is InChI=1S/C44H28N2O2/c47-46(48)40-26-12-21-32-30-16-4-2-14-28(30)27-13-1-3-15-29(27)31-20-11-25-39(42(31)45-43(32)40)44-36-22-8-5-17-33(36)41(34-18-6-9-23-37(34)44)35-19-7-10-24-38(35)44/h1-26,41,45H. The Balaban J connectivity index is 1.53. The van der Waals surface area contributed by atoms with Crippen molar-refractivity contribution in [2.24, 2.45) is 0 Å². The number of nitro benzene ring substituents is 1. The first kappa shape index (κ1) is 26.9. The normalized spacial score (nSPS) is 17.2. The number of nitrogens with zero attached hydrogens (tertiary/aromatic N) is 1. The molecule has 0 amide bonds. The van der Waals surface area contributed by atoms with Crippen molar-refractivity contribution in [3.63, 3.8) is 0 Å². The molecule has 3 aliphatic rings. The molecule has 226 valence electrons. The van der Waals surface area contributed by atoms with Crippen molar-refractivity contribution < 1.29 is 4.92 Å². The molecule has 0 atom stereocenters. The zero-order valence-electron chi connectivity index (χ0n) is 25.9. The quantitative estimate of drug-likeness (QED) is 0.155. The van der Waals surface area contributed by atoms with Crippen molar-refractivity contribution in [1.29, 1.82) is 0 Å². The SMILES string of the molecule is O=[N+]([O-])c1cccc2c1[nH]c1c(C34c5ccccc5C(c5ccccc53)c3ccccc34)cccc1c1ccccc1c1ccccc21. The van der Waals surface area contributed by atoms with E-state index in [4.69, 9.17) is 0 Å². The van der Waals surface area contributed by atoms with E-state index < -0.39 is 5.41 Å². The highest BCUT2D eigenvalue weighted by atomic mass is 16.6. The fourth-order valence-corrected chi connectivity index (χ4v) is 8.95. The second-order valence-corrected chi connectivity index (χ2v) is 12.8. The number of non-ortho nitro benzene ring substituents is 1. The van der Waals surface area contributed by atoms with Gasteiger partial charge < -0.3 is 4.98 Å². The summed E-state index contributed by atoms with van der Waals surface area (Å²) in [5.74, 6) is 0.134. The van der Waals surface area contributed by atoms with Crippen LogP contribution in [0.3, 0.4) is 0 Å². The molecule has 0 spiro atoms. The van der Waals surface area contributed by atoms with Gasteiger partial charge in [-0.3, -0.25) is 10.1 Å². The number of hydrogen-bond donors (Lipinski definition) is 1. The average molecular weight is 617 g/mol. The fraction of sp³-hybridized carbons (Fsp3) is 0.0455. The molecule has 0 radical (unpaired) electrons. The Morgan fingerprint density at radius 2 is 0.812 bits per heavy atom. The van der Waals surface area contributed by atoms with Crippen molar-refractivity contribution in [2.75, 3.05) is 0 Å². The molecule has 0 aliphatic heterocycles. The summed E-state index contributed by atoms with van der Waals surface area (Å²) < 4.78 is 0. The van der Waals surface area contributed by atoms with Crippen molar-refractivity contribution in [2.45, 2.75) is 11.3 Å². The van der Waals surface area contributed by atoms with E-state index in [1.165, 1.54) is 33.4 Å². The van der Waals surface area contributed by atoms with Crippen molar-refractivity contribution in [1.82, 2.24) is 4.98 Å². The lowest BCUT2D eigenvalue weighted by Crippen LogP contribution is -2.43. The van der Waals surface area contributed by atoms with Crippen LogP contribution >= 0.6 is 0 Å². The fourth-order valence-electron chi connectivity index (χ4n) is 8.95. The van der Waals surface area contributed by atoms with Crippen LogP contribution in [0.25, 0.3) is 43.4 Å². The minimum atomic E-state index is -0.670. The molecule has 2 bridgehead atoms. The molecule has 48 heavy (non-hydrogen) atoms. The third kappa shape index (κ3) is 3.38. The minimum Gasteiger partial charge on any atom is -0.349 e. The van der Waals surface area contributed by atoms with E-state index in [0.717, 1.165) is 43.4 Å². The van der Waals surface area contributed by atoms with Crippen LogP contribution in [0, 0.1) is 10.1 Å². The van der Waals surface area contributed by atoms with Crippen LogP contribution in [0.15, 0.2) is 158 Å². The lowest BCUT2D eigenvalue weighted by atomic mass is 9.50. The lowest BCUT2D eigenvalue weighted by molar-refractivity contribution is -0.383. The second kappa shape index (κ2) is 9.87. The summed E-state index contributed by atoms with van der Waals surface area (Å²) in [6.45, 7) is 0. The summed E-state index contributed by atoms with van der Waals surface area (Å²) in [4.78, 5) is 16.3. The maximum Gasteiger partial charge on any atom is 0.293 e. The van der Waals surface area contributed by atoms with Crippen LogP contribution in [0.1, 0.15) is 44.9 Å². The van der Waals surface area contributed by atoms with E-state index in [-0.39, 0.29) is 16.5 Å². The van der Waals surface area contributed by atoms with Gasteiger partial charge in [-0.1, -0.05) is 152 Å². The van der Waals surface area contributed by atoms with Crippen molar-refractivity contribution >= 4 is 49.0 Å². The second-order valence-electron chi connectivity index (χ2n) is 12.8. The Morgan fingerprint density at radius 3 is 1.31 bits per heavy atom. The number of fused-ring (bicyclic) bond motifs is 7. The number of H-pyrrole nitrogens is 1.